The molecule has 0 aliphatic carbocycles. The van der Waals surface area contributed by atoms with E-state index in [2.05, 4.69) is 0 Å². The third-order valence-corrected chi connectivity index (χ3v) is 5.68. The van der Waals surface area contributed by atoms with Gasteiger partial charge in [-0.1, -0.05) is 0 Å². The molecular weight excluding hydrogens is 288 g/mol. The highest BCUT2D eigenvalue weighted by Crippen LogP contribution is 2.33. The summed E-state index contributed by atoms with van der Waals surface area (Å²) in [4.78, 5) is 0.225. The largest absolute Gasteiger partial charge is 0.508 e. The van der Waals surface area contributed by atoms with Crippen molar-refractivity contribution in [1.82, 2.24) is 0 Å². The lowest BCUT2D eigenvalue weighted by Crippen LogP contribution is -2.07. The SMILES string of the molecule is Cc1cc(S(=O)(=O)c2c(C)cc(O)cc2C)cc(O)c1C. The van der Waals surface area contributed by atoms with Crippen LogP contribution < -0.4 is 0 Å². The van der Waals surface area contributed by atoms with Crippen molar-refractivity contribution in [3.63, 3.8) is 0 Å². The molecule has 0 atom stereocenters. The molecule has 0 radical (unpaired) electrons. The van der Waals surface area contributed by atoms with Crippen molar-refractivity contribution in [1.29, 1.82) is 0 Å². The molecule has 0 bridgehead atoms. The molecule has 0 amide bonds. The van der Waals surface area contributed by atoms with Crippen molar-refractivity contribution in [3.05, 3.63) is 46.5 Å². The maximum absolute atomic E-state index is 12.8. The van der Waals surface area contributed by atoms with E-state index in [1.165, 1.54) is 18.2 Å². The molecule has 0 fully saturated rings. The van der Waals surface area contributed by atoms with Gasteiger partial charge in [-0.2, -0.15) is 0 Å². The van der Waals surface area contributed by atoms with E-state index in [9.17, 15) is 18.6 Å². The van der Waals surface area contributed by atoms with Gasteiger partial charge in [-0.05, 0) is 74.2 Å². The van der Waals surface area contributed by atoms with Crippen molar-refractivity contribution in [2.75, 3.05) is 0 Å². The molecule has 21 heavy (non-hydrogen) atoms. The fourth-order valence-corrected chi connectivity index (χ4v) is 4.23. The van der Waals surface area contributed by atoms with Gasteiger partial charge in [0, 0.05) is 0 Å². The molecule has 2 rings (SSSR count). The lowest BCUT2D eigenvalue weighted by molar-refractivity contribution is 0.468. The molecule has 0 heterocycles. The molecule has 0 aliphatic rings. The zero-order chi connectivity index (χ0) is 15.9. The van der Waals surface area contributed by atoms with Gasteiger partial charge in [0.2, 0.25) is 9.84 Å². The monoisotopic (exact) mass is 306 g/mol. The predicted octanol–water partition coefficient (Wildman–Crippen LogP) is 3.16. The summed E-state index contributed by atoms with van der Waals surface area (Å²) in [5, 5.41) is 19.4. The Kier molecular flexibility index (Phi) is 3.72. The Morgan fingerprint density at radius 1 is 0.810 bits per heavy atom. The normalized spacial score (nSPS) is 11.6. The number of aryl methyl sites for hydroxylation is 3. The molecule has 112 valence electrons. The lowest BCUT2D eigenvalue weighted by atomic mass is 10.1. The van der Waals surface area contributed by atoms with Crippen molar-refractivity contribution in [2.24, 2.45) is 0 Å². The first kappa shape index (κ1) is 15.4. The maximum Gasteiger partial charge on any atom is 0.207 e. The smallest absolute Gasteiger partial charge is 0.207 e. The van der Waals surface area contributed by atoms with Crippen LogP contribution in [-0.4, -0.2) is 18.6 Å². The van der Waals surface area contributed by atoms with E-state index in [1.807, 2.05) is 0 Å². The van der Waals surface area contributed by atoms with Crippen LogP contribution in [0, 0.1) is 27.7 Å². The summed E-state index contributed by atoms with van der Waals surface area (Å²) < 4.78 is 25.6. The number of phenolic OH excluding ortho intramolecular Hbond substituents is 2. The van der Waals surface area contributed by atoms with Crippen LogP contribution in [0.4, 0.5) is 0 Å². The lowest BCUT2D eigenvalue weighted by Gasteiger charge is -2.13. The summed E-state index contributed by atoms with van der Waals surface area (Å²) in [6, 6.07) is 5.65. The zero-order valence-corrected chi connectivity index (χ0v) is 13.2. The van der Waals surface area contributed by atoms with Crippen molar-refractivity contribution in [3.8, 4) is 11.5 Å². The van der Waals surface area contributed by atoms with Crippen molar-refractivity contribution >= 4 is 9.84 Å². The van der Waals surface area contributed by atoms with E-state index in [0.717, 1.165) is 0 Å². The summed E-state index contributed by atoms with van der Waals surface area (Å²) in [5.74, 6) is -0.00505. The van der Waals surface area contributed by atoms with Crippen molar-refractivity contribution in [2.45, 2.75) is 37.5 Å². The van der Waals surface area contributed by atoms with Crippen LogP contribution in [0.25, 0.3) is 0 Å². The zero-order valence-electron chi connectivity index (χ0n) is 12.4. The fraction of sp³-hybridized carbons (Fsp3) is 0.250. The van der Waals surface area contributed by atoms with Crippen molar-refractivity contribution < 1.29 is 18.6 Å². The Labute approximate surface area is 124 Å². The number of sulfone groups is 1. The van der Waals surface area contributed by atoms with E-state index in [0.29, 0.717) is 22.3 Å². The minimum atomic E-state index is -3.75. The Balaban J connectivity index is 2.75. The quantitative estimate of drug-likeness (QED) is 0.893. The highest BCUT2D eigenvalue weighted by molar-refractivity contribution is 7.91. The van der Waals surface area contributed by atoms with Gasteiger partial charge in [0.25, 0.3) is 0 Å². The molecule has 0 aliphatic heterocycles. The molecule has 2 aromatic rings. The summed E-state index contributed by atoms with van der Waals surface area (Å²) in [5.41, 5.74) is 2.33. The summed E-state index contributed by atoms with van der Waals surface area (Å²) in [6.45, 7) is 6.77. The molecule has 0 unspecified atom stereocenters. The third kappa shape index (κ3) is 2.61. The molecular formula is C16H18O4S. The molecule has 4 nitrogen and oxygen atoms in total. The topological polar surface area (TPSA) is 74.6 Å². The van der Waals surface area contributed by atoms with E-state index in [-0.39, 0.29) is 21.3 Å². The number of aromatic hydroxyl groups is 2. The number of rotatable bonds is 2. The van der Waals surface area contributed by atoms with Gasteiger partial charge in [-0.15, -0.1) is 0 Å². The first-order chi connectivity index (χ1) is 9.64. The van der Waals surface area contributed by atoms with Gasteiger partial charge in [0.05, 0.1) is 9.79 Å². The standard InChI is InChI=1S/C16H18O4S/c1-9-7-14(8-15(18)12(9)4)21(19,20)16-10(2)5-13(17)6-11(16)3/h5-8,17-18H,1-4H3. The average Bonchev–Trinajstić information content (AvgIpc) is 2.33. The van der Waals surface area contributed by atoms with Gasteiger partial charge in [0.1, 0.15) is 11.5 Å². The minimum absolute atomic E-state index is 0.0342. The average molecular weight is 306 g/mol. The Morgan fingerprint density at radius 3 is 1.81 bits per heavy atom. The van der Waals surface area contributed by atoms with Gasteiger partial charge in [0.15, 0.2) is 0 Å². The number of benzene rings is 2. The van der Waals surface area contributed by atoms with E-state index in [1.54, 1.807) is 33.8 Å². The van der Waals surface area contributed by atoms with E-state index >= 15 is 0 Å². The Bertz CT molecular complexity index is 774. The number of phenols is 2. The van der Waals surface area contributed by atoms with Gasteiger partial charge in [-0.3, -0.25) is 0 Å². The van der Waals surface area contributed by atoms with Crippen LogP contribution in [0.1, 0.15) is 22.3 Å². The molecule has 0 saturated heterocycles. The second-order valence-electron chi connectivity index (χ2n) is 5.30. The molecule has 0 spiro atoms. The summed E-state index contributed by atoms with van der Waals surface area (Å²) >= 11 is 0. The molecule has 0 saturated carbocycles. The van der Waals surface area contributed by atoms with Gasteiger partial charge < -0.3 is 10.2 Å². The second kappa shape index (κ2) is 5.07. The summed E-state index contributed by atoms with van der Waals surface area (Å²) in [7, 11) is -3.75. The third-order valence-electron chi connectivity index (χ3n) is 3.64. The highest BCUT2D eigenvalue weighted by Gasteiger charge is 2.24. The van der Waals surface area contributed by atoms with Crippen LogP contribution in [0.5, 0.6) is 11.5 Å². The predicted molar refractivity (Wildman–Crippen MR) is 80.6 cm³/mol. The van der Waals surface area contributed by atoms with Gasteiger partial charge in [-0.25, -0.2) is 8.42 Å². The van der Waals surface area contributed by atoms with Gasteiger partial charge >= 0.3 is 0 Å². The first-order valence-electron chi connectivity index (χ1n) is 6.50. The molecule has 2 aromatic carbocycles. The van der Waals surface area contributed by atoms with Crippen LogP contribution >= 0.6 is 0 Å². The Hall–Kier alpha value is -2.01. The Morgan fingerprint density at radius 2 is 1.33 bits per heavy atom. The van der Waals surface area contributed by atoms with Crippen LogP contribution in [0.2, 0.25) is 0 Å². The van der Waals surface area contributed by atoms with E-state index < -0.39 is 9.84 Å². The maximum atomic E-state index is 12.8. The van der Waals surface area contributed by atoms with Crippen LogP contribution in [0.3, 0.4) is 0 Å². The summed E-state index contributed by atoms with van der Waals surface area (Å²) in [6.07, 6.45) is 0. The first-order valence-corrected chi connectivity index (χ1v) is 7.98. The van der Waals surface area contributed by atoms with Crippen LogP contribution in [-0.2, 0) is 9.84 Å². The molecule has 2 N–H and O–H groups in total. The molecule has 0 aromatic heterocycles. The fourth-order valence-electron chi connectivity index (χ4n) is 2.43. The number of hydrogen-bond acceptors (Lipinski definition) is 4. The highest BCUT2D eigenvalue weighted by atomic mass is 32.2. The minimum Gasteiger partial charge on any atom is -0.508 e. The molecule has 5 heteroatoms. The van der Waals surface area contributed by atoms with E-state index in [4.69, 9.17) is 0 Å². The second-order valence-corrected chi connectivity index (χ2v) is 7.18. The number of hydrogen-bond donors (Lipinski definition) is 2. The van der Waals surface area contributed by atoms with Crippen LogP contribution in [0.15, 0.2) is 34.1 Å².